The monoisotopic (exact) mass is 416 g/mol. The van der Waals surface area contributed by atoms with Crippen molar-refractivity contribution >= 4 is 45.4 Å². The summed E-state index contributed by atoms with van der Waals surface area (Å²) in [5, 5.41) is 14.9. The van der Waals surface area contributed by atoms with Crippen LogP contribution in [0.15, 0.2) is 63.2 Å². The third-order valence-electron chi connectivity index (χ3n) is 3.08. The van der Waals surface area contributed by atoms with Crippen molar-refractivity contribution in [3.8, 4) is 0 Å². The Hall–Kier alpha value is -2.52. The zero-order valence-corrected chi connectivity index (χ0v) is 15.5. The normalized spacial score (nSPS) is 11.0. The minimum atomic E-state index is -0.248. The maximum absolute atomic E-state index is 12.2. The molecule has 1 aromatic carbocycles. The first-order chi connectivity index (χ1) is 12.1. The number of rotatable bonds is 5. The lowest BCUT2D eigenvalue weighted by Crippen LogP contribution is -2.09. The summed E-state index contributed by atoms with van der Waals surface area (Å²) in [5.41, 5.74) is 1.38. The molecule has 0 aliphatic carbocycles. The van der Waals surface area contributed by atoms with Gasteiger partial charge < -0.3 is 5.32 Å². The lowest BCUT2D eigenvalue weighted by Gasteiger charge is -2.09. The van der Waals surface area contributed by atoms with Crippen LogP contribution in [0.3, 0.4) is 0 Å². The van der Waals surface area contributed by atoms with Crippen LogP contribution in [0.2, 0.25) is 0 Å². The Balaban J connectivity index is 1.77. The van der Waals surface area contributed by atoms with Gasteiger partial charge in [0.2, 0.25) is 11.1 Å². The van der Waals surface area contributed by atoms with E-state index in [1.807, 2.05) is 36.4 Å². The largest absolute Gasteiger partial charge is 0.321 e. The number of hydrogen-bond donors (Lipinski definition) is 1. The molecule has 9 heteroatoms. The molecule has 7 nitrogen and oxygen atoms in total. The van der Waals surface area contributed by atoms with Crippen molar-refractivity contribution < 1.29 is 4.79 Å². The Kier molecular flexibility index (Phi) is 5.56. The molecule has 0 aliphatic heterocycles. The number of pyridine rings is 1. The predicted molar refractivity (Wildman–Crippen MR) is 99.0 cm³/mol. The molecule has 25 heavy (non-hydrogen) atoms. The van der Waals surface area contributed by atoms with E-state index < -0.39 is 0 Å². The van der Waals surface area contributed by atoms with Crippen LogP contribution in [0.25, 0.3) is 6.08 Å². The fourth-order valence-electron chi connectivity index (χ4n) is 1.90. The van der Waals surface area contributed by atoms with Crippen molar-refractivity contribution in [1.29, 1.82) is 0 Å². The van der Waals surface area contributed by atoms with Gasteiger partial charge in [-0.3, -0.25) is 9.78 Å². The quantitative estimate of drug-likeness (QED) is 0.642. The third-order valence-corrected chi connectivity index (χ3v) is 4.67. The highest BCUT2D eigenvalue weighted by Gasteiger charge is 2.11. The van der Waals surface area contributed by atoms with Gasteiger partial charge in [0.1, 0.15) is 0 Å². The number of carbonyl (C=O) groups is 1. The molecule has 0 saturated carbocycles. The first-order valence-corrected chi connectivity index (χ1v) is 8.82. The maximum atomic E-state index is 12.2. The molecule has 2 heterocycles. The molecule has 1 amide bonds. The van der Waals surface area contributed by atoms with Crippen LogP contribution in [0.1, 0.15) is 5.69 Å². The Morgan fingerprint density at radius 1 is 1.32 bits per heavy atom. The summed E-state index contributed by atoms with van der Waals surface area (Å²) in [6, 6.07) is 11.1. The van der Waals surface area contributed by atoms with Gasteiger partial charge in [0.05, 0.1) is 11.4 Å². The highest BCUT2D eigenvalue weighted by atomic mass is 79.9. The Labute approximate surface area is 156 Å². The van der Waals surface area contributed by atoms with E-state index in [2.05, 4.69) is 41.8 Å². The van der Waals surface area contributed by atoms with Gasteiger partial charge in [-0.05, 0) is 58.6 Å². The molecule has 3 rings (SSSR count). The number of nitrogens with zero attached hydrogens (tertiary/aromatic N) is 5. The van der Waals surface area contributed by atoms with Crippen LogP contribution in [-0.2, 0) is 11.8 Å². The molecule has 0 spiro atoms. The third kappa shape index (κ3) is 4.74. The summed E-state index contributed by atoms with van der Waals surface area (Å²) in [5.74, 6) is -0.248. The molecule has 0 fully saturated rings. The summed E-state index contributed by atoms with van der Waals surface area (Å²) in [4.78, 5) is 17.2. The second kappa shape index (κ2) is 8.04. The van der Waals surface area contributed by atoms with Gasteiger partial charge in [-0.15, -0.1) is 5.10 Å². The Morgan fingerprint density at radius 2 is 2.20 bits per heavy atom. The fraction of sp³-hybridized carbons (Fsp3) is 0.0625. The Bertz CT molecular complexity index is 912. The van der Waals surface area contributed by atoms with Gasteiger partial charge in [-0.2, -0.15) is 0 Å². The van der Waals surface area contributed by atoms with Crippen LogP contribution in [0.4, 0.5) is 5.69 Å². The number of benzene rings is 1. The predicted octanol–water partition coefficient (Wildman–Crippen LogP) is 3.17. The lowest BCUT2D eigenvalue weighted by molar-refractivity contribution is -0.111. The van der Waals surface area contributed by atoms with Crippen LogP contribution in [-0.4, -0.2) is 31.1 Å². The summed E-state index contributed by atoms with van der Waals surface area (Å²) < 4.78 is 2.43. The lowest BCUT2D eigenvalue weighted by atomic mass is 10.3. The highest BCUT2D eigenvalue weighted by molar-refractivity contribution is 9.10. The molecule has 1 N–H and O–H groups in total. The van der Waals surface area contributed by atoms with E-state index in [1.54, 1.807) is 24.0 Å². The molecule has 0 atom stereocenters. The number of nitrogens with one attached hydrogen (secondary N) is 1. The van der Waals surface area contributed by atoms with E-state index in [1.165, 1.54) is 17.8 Å². The van der Waals surface area contributed by atoms with Crippen molar-refractivity contribution in [2.24, 2.45) is 7.05 Å². The molecule has 3 aromatic rings. The smallest absolute Gasteiger partial charge is 0.248 e. The molecule has 0 bridgehead atoms. The first kappa shape index (κ1) is 17.3. The molecular weight excluding hydrogens is 404 g/mol. The fourth-order valence-corrected chi connectivity index (χ4v) is 3.06. The van der Waals surface area contributed by atoms with Crippen LogP contribution < -0.4 is 5.32 Å². The van der Waals surface area contributed by atoms with Crippen molar-refractivity contribution in [1.82, 2.24) is 25.2 Å². The van der Waals surface area contributed by atoms with E-state index in [4.69, 9.17) is 0 Å². The zero-order valence-electron chi connectivity index (χ0n) is 13.1. The number of aromatic nitrogens is 5. The topological polar surface area (TPSA) is 85.6 Å². The molecule has 2 aromatic heterocycles. The average Bonchev–Trinajstić information content (AvgIpc) is 3.01. The van der Waals surface area contributed by atoms with Crippen LogP contribution in [0.5, 0.6) is 0 Å². The molecule has 0 aliphatic rings. The average molecular weight is 417 g/mol. The van der Waals surface area contributed by atoms with Gasteiger partial charge in [0, 0.05) is 28.7 Å². The molecule has 126 valence electrons. The number of amides is 1. The second-order valence-electron chi connectivity index (χ2n) is 4.90. The number of tetrazole rings is 1. The first-order valence-electron chi connectivity index (χ1n) is 7.21. The van der Waals surface area contributed by atoms with E-state index in [9.17, 15) is 4.79 Å². The number of carbonyl (C=O) groups excluding carboxylic acids is 1. The number of hydrogen-bond acceptors (Lipinski definition) is 6. The minimum Gasteiger partial charge on any atom is -0.321 e. The van der Waals surface area contributed by atoms with Crippen LogP contribution in [0, 0.1) is 0 Å². The second-order valence-corrected chi connectivity index (χ2v) is 6.83. The van der Waals surface area contributed by atoms with Crippen molar-refractivity contribution in [3.63, 3.8) is 0 Å². The van der Waals surface area contributed by atoms with E-state index in [0.717, 1.165) is 9.37 Å². The molecule has 0 saturated heterocycles. The number of halogens is 1. The molecule has 0 radical (unpaired) electrons. The van der Waals surface area contributed by atoms with Gasteiger partial charge in [-0.1, -0.05) is 22.0 Å². The van der Waals surface area contributed by atoms with Gasteiger partial charge in [0.15, 0.2) is 0 Å². The van der Waals surface area contributed by atoms with E-state index in [-0.39, 0.29) is 5.91 Å². The van der Waals surface area contributed by atoms with Gasteiger partial charge in [-0.25, -0.2) is 4.68 Å². The van der Waals surface area contributed by atoms with Crippen molar-refractivity contribution in [2.45, 2.75) is 10.1 Å². The highest BCUT2D eigenvalue weighted by Crippen LogP contribution is 2.33. The zero-order chi connectivity index (χ0) is 17.6. The SMILES string of the molecule is Cn1nnnc1Sc1ccc(Br)cc1NC(=O)/C=C/c1ccccn1. The maximum Gasteiger partial charge on any atom is 0.248 e. The minimum absolute atomic E-state index is 0.248. The number of anilines is 1. The van der Waals surface area contributed by atoms with Gasteiger partial charge >= 0.3 is 0 Å². The van der Waals surface area contributed by atoms with E-state index >= 15 is 0 Å². The van der Waals surface area contributed by atoms with Gasteiger partial charge in [0.25, 0.3) is 0 Å². The Morgan fingerprint density at radius 3 is 2.92 bits per heavy atom. The van der Waals surface area contributed by atoms with Crippen molar-refractivity contribution in [3.05, 3.63) is 58.8 Å². The molecular formula is C16H13BrN6OS. The summed E-state index contributed by atoms with van der Waals surface area (Å²) in [6.45, 7) is 0. The van der Waals surface area contributed by atoms with E-state index in [0.29, 0.717) is 16.5 Å². The standard InChI is InChI=1S/C16H13BrN6OS/c1-23-16(20-21-22-23)25-14-7-5-11(17)10-13(14)19-15(24)8-6-12-4-2-3-9-18-12/h2-10H,1H3,(H,19,24)/b8-6+. The van der Waals surface area contributed by atoms with Crippen molar-refractivity contribution in [2.75, 3.05) is 5.32 Å². The molecule has 0 unspecified atom stereocenters. The number of aryl methyl sites for hydroxylation is 1. The summed E-state index contributed by atoms with van der Waals surface area (Å²) in [7, 11) is 1.76. The summed E-state index contributed by atoms with van der Waals surface area (Å²) in [6.07, 6.45) is 4.78. The van der Waals surface area contributed by atoms with Crippen LogP contribution >= 0.6 is 27.7 Å². The summed E-state index contributed by atoms with van der Waals surface area (Å²) >= 11 is 4.79.